The van der Waals surface area contributed by atoms with Crippen molar-refractivity contribution in [3.63, 3.8) is 0 Å². The van der Waals surface area contributed by atoms with Gasteiger partial charge in [0.05, 0.1) is 0 Å². The molecule has 3 N–H and O–H groups in total. The van der Waals surface area contributed by atoms with Crippen LogP contribution in [0.4, 0.5) is 5.69 Å². The van der Waals surface area contributed by atoms with Gasteiger partial charge in [-0.2, -0.15) is 0 Å². The van der Waals surface area contributed by atoms with Gasteiger partial charge in [0, 0.05) is 24.8 Å². The number of carbonyl (C=O) groups is 1. The topological polar surface area (TPSA) is 61.4 Å². The standard InChI is InChI=1S/C15H24N2O2/c1-3-4-9-15(19)17-14-8-6-5-7-12(14)13(16-2)10-11-18/h5-8,13,16,18H,3-4,9-11H2,1-2H3,(H,17,19). The zero-order valence-electron chi connectivity index (χ0n) is 11.8. The molecule has 0 radical (unpaired) electrons. The van der Waals surface area contributed by atoms with Crippen LogP contribution in [-0.2, 0) is 4.79 Å². The third-order valence-electron chi connectivity index (χ3n) is 3.13. The monoisotopic (exact) mass is 264 g/mol. The molecule has 0 aliphatic rings. The highest BCUT2D eigenvalue weighted by molar-refractivity contribution is 5.91. The number of nitrogens with one attached hydrogen (secondary N) is 2. The van der Waals surface area contributed by atoms with E-state index in [9.17, 15) is 4.79 Å². The molecule has 0 saturated carbocycles. The summed E-state index contributed by atoms with van der Waals surface area (Å²) in [5.41, 5.74) is 1.85. The van der Waals surface area contributed by atoms with Gasteiger partial charge in [0.15, 0.2) is 0 Å². The summed E-state index contributed by atoms with van der Waals surface area (Å²) in [5.74, 6) is 0.0492. The number of hydrogen-bond acceptors (Lipinski definition) is 3. The number of rotatable bonds is 8. The molecular formula is C15H24N2O2. The van der Waals surface area contributed by atoms with Crippen molar-refractivity contribution in [2.24, 2.45) is 0 Å². The first-order valence-corrected chi connectivity index (χ1v) is 6.89. The van der Waals surface area contributed by atoms with Gasteiger partial charge in [-0.1, -0.05) is 31.5 Å². The molecular weight excluding hydrogens is 240 g/mol. The Morgan fingerprint density at radius 3 is 2.74 bits per heavy atom. The number of para-hydroxylation sites is 1. The number of unbranched alkanes of at least 4 members (excludes halogenated alkanes) is 1. The van der Waals surface area contributed by atoms with E-state index < -0.39 is 0 Å². The third-order valence-corrected chi connectivity index (χ3v) is 3.13. The summed E-state index contributed by atoms with van der Waals surface area (Å²) in [6.45, 7) is 2.18. The van der Waals surface area contributed by atoms with Crippen molar-refractivity contribution < 1.29 is 9.90 Å². The Labute approximate surface area is 115 Å². The van der Waals surface area contributed by atoms with Crippen LogP contribution in [0.1, 0.15) is 44.2 Å². The van der Waals surface area contributed by atoms with E-state index in [0.717, 1.165) is 24.1 Å². The number of aliphatic hydroxyl groups is 1. The Hall–Kier alpha value is -1.39. The van der Waals surface area contributed by atoms with E-state index in [-0.39, 0.29) is 18.6 Å². The first-order chi connectivity index (χ1) is 9.22. The van der Waals surface area contributed by atoms with Crippen molar-refractivity contribution in [3.05, 3.63) is 29.8 Å². The van der Waals surface area contributed by atoms with Crippen molar-refractivity contribution in [3.8, 4) is 0 Å². The molecule has 1 rings (SSSR count). The van der Waals surface area contributed by atoms with Gasteiger partial charge in [0.1, 0.15) is 0 Å². The van der Waals surface area contributed by atoms with Crippen LogP contribution in [-0.4, -0.2) is 24.7 Å². The first kappa shape index (κ1) is 15.7. The molecule has 4 heteroatoms. The molecule has 1 aromatic rings. The van der Waals surface area contributed by atoms with Crippen molar-refractivity contribution in [2.45, 2.75) is 38.6 Å². The minimum absolute atomic E-state index is 0.0488. The normalized spacial score (nSPS) is 12.2. The van der Waals surface area contributed by atoms with Gasteiger partial charge >= 0.3 is 0 Å². The van der Waals surface area contributed by atoms with E-state index >= 15 is 0 Å². The Morgan fingerprint density at radius 2 is 2.11 bits per heavy atom. The summed E-state index contributed by atoms with van der Waals surface area (Å²) < 4.78 is 0. The molecule has 0 aromatic heterocycles. The summed E-state index contributed by atoms with van der Waals surface area (Å²) in [5, 5.41) is 15.2. The van der Waals surface area contributed by atoms with Crippen molar-refractivity contribution in [2.75, 3.05) is 19.0 Å². The summed E-state index contributed by atoms with van der Waals surface area (Å²) in [6.07, 6.45) is 3.09. The second-order valence-corrected chi connectivity index (χ2v) is 4.59. The number of hydrogen-bond donors (Lipinski definition) is 3. The van der Waals surface area contributed by atoms with Crippen LogP contribution in [0.15, 0.2) is 24.3 Å². The molecule has 1 unspecified atom stereocenters. The van der Waals surface area contributed by atoms with Crippen LogP contribution < -0.4 is 10.6 Å². The summed E-state index contributed by atoms with van der Waals surface area (Å²) in [4.78, 5) is 11.8. The number of benzene rings is 1. The van der Waals surface area contributed by atoms with Gasteiger partial charge in [-0.25, -0.2) is 0 Å². The molecule has 19 heavy (non-hydrogen) atoms. The Bertz CT molecular complexity index is 393. The fourth-order valence-corrected chi connectivity index (χ4v) is 2.05. The van der Waals surface area contributed by atoms with Crippen LogP contribution in [0.3, 0.4) is 0 Å². The van der Waals surface area contributed by atoms with Crippen molar-refractivity contribution in [1.29, 1.82) is 0 Å². The lowest BCUT2D eigenvalue weighted by atomic mass is 10.0. The molecule has 0 heterocycles. The first-order valence-electron chi connectivity index (χ1n) is 6.89. The van der Waals surface area contributed by atoms with Gasteiger partial charge in [0.25, 0.3) is 0 Å². The molecule has 0 fully saturated rings. The van der Waals surface area contributed by atoms with Gasteiger partial charge in [-0.15, -0.1) is 0 Å². The smallest absolute Gasteiger partial charge is 0.224 e. The minimum Gasteiger partial charge on any atom is -0.396 e. The Balaban J connectivity index is 2.79. The zero-order valence-corrected chi connectivity index (χ0v) is 11.8. The van der Waals surface area contributed by atoms with E-state index in [1.807, 2.05) is 31.3 Å². The molecule has 4 nitrogen and oxygen atoms in total. The van der Waals surface area contributed by atoms with Gasteiger partial charge in [0.2, 0.25) is 5.91 Å². The molecule has 1 amide bonds. The third kappa shape index (κ3) is 5.01. The lowest BCUT2D eigenvalue weighted by Crippen LogP contribution is -2.20. The summed E-state index contributed by atoms with van der Waals surface area (Å²) in [7, 11) is 1.86. The van der Waals surface area contributed by atoms with Gasteiger partial charge < -0.3 is 15.7 Å². The van der Waals surface area contributed by atoms with Gasteiger partial charge in [-0.05, 0) is 31.5 Å². The van der Waals surface area contributed by atoms with E-state index in [2.05, 4.69) is 17.6 Å². The van der Waals surface area contributed by atoms with Crippen molar-refractivity contribution in [1.82, 2.24) is 5.32 Å². The maximum atomic E-state index is 11.8. The van der Waals surface area contributed by atoms with Crippen molar-refractivity contribution >= 4 is 11.6 Å². The number of amides is 1. The largest absolute Gasteiger partial charge is 0.396 e. The Morgan fingerprint density at radius 1 is 1.37 bits per heavy atom. The van der Waals surface area contributed by atoms with E-state index in [1.54, 1.807) is 0 Å². The molecule has 1 atom stereocenters. The van der Waals surface area contributed by atoms with Gasteiger partial charge in [-0.3, -0.25) is 4.79 Å². The number of carbonyl (C=O) groups excluding carboxylic acids is 1. The summed E-state index contributed by atoms with van der Waals surface area (Å²) in [6, 6.07) is 7.78. The second kappa shape index (κ2) is 8.67. The molecule has 0 bridgehead atoms. The van der Waals surface area contributed by atoms with Crippen LogP contribution in [0.5, 0.6) is 0 Å². The quantitative estimate of drug-likeness (QED) is 0.676. The maximum Gasteiger partial charge on any atom is 0.224 e. The molecule has 0 saturated heterocycles. The molecule has 1 aromatic carbocycles. The molecule has 0 aliphatic heterocycles. The molecule has 0 spiro atoms. The lowest BCUT2D eigenvalue weighted by molar-refractivity contribution is -0.116. The predicted molar refractivity (Wildman–Crippen MR) is 78.1 cm³/mol. The zero-order chi connectivity index (χ0) is 14.1. The van der Waals surface area contributed by atoms with E-state index in [0.29, 0.717) is 12.8 Å². The highest BCUT2D eigenvalue weighted by Gasteiger charge is 2.14. The fourth-order valence-electron chi connectivity index (χ4n) is 2.05. The number of anilines is 1. The summed E-state index contributed by atoms with van der Waals surface area (Å²) >= 11 is 0. The average molecular weight is 264 g/mol. The SMILES string of the molecule is CCCCC(=O)Nc1ccccc1C(CCO)NC. The lowest BCUT2D eigenvalue weighted by Gasteiger charge is -2.19. The second-order valence-electron chi connectivity index (χ2n) is 4.59. The molecule has 0 aliphatic carbocycles. The Kier molecular flexibility index (Phi) is 7.15. The molecule has 106 valence electrons. The van der Waals surface area contributed by atoms with Crippen LogP contribution in [0.2, 0.25) is 0 Å². The predicted octanol–water partition coefficient (Wildman–Crippen LogP) is 2.46. The van der Waals surface area contributed by atoms with Crippen LogP contribution in [0.25, 0.3) is 0 Å². The maximum absolute atomic E-state index is 11.8. The van der Waals surface area contributed by atoms with E-state index in [1.165, 1.54) is 0 Å². The van der Waals surface area contributed by atoms with Crippen LogP contribution >= 0.6 is 0 Å². The highest BCUT2D eigenvalue weighted by Crippen LogP contribution is 2.25. The fraction of sp³-hybridized carbons (Fsp3) is 0.533. The van der Waals surface area contributed by atoms with Crippen LogP contribution in [0, 0.1) is 0 Å². The van der Waals surface area contributed by atoms with E-state index in [4.69, 9.17) is 5.11 Å². The minimum atomic E-state index is 0.0488. The average Bonchev–Trinajstić information content (AvgIpc) is 2.43. The number of aliphatic hydroxyl groups excluding tert-OH is 1. The highest BCUT2D eigenvalue weighted by atomic mass is 16.3.